The van der Waals surface area contributed by atoms with Crippen LogP contribution in [0, 0.1) is 3.57 Å². The van der Waals surface area contributed by atoms with Crippen LogP contribution in [0.25, 0.3) is 0 Å². The number of aromatic nitrogens is 2. The molecule has 0 fully saturated rings. The fraction of sp³-hybridized carbons (Fsp3) is 0.167. The lowest BCUT2D eigenvalue weighted by Gasteiger charge is -2.15. The Morgan fingerprint density at radius 1 is 1.50 bits per heavy atom. The van der Waals surface area contributed by atoms with Gasteiger partial charge in [-0.2, -0.15) is 0 Å². The zero-order valence-corrected chi connectivity index (χ0v) is 13.3. The van der Waals surface area contributed by atoms with Gasteiger partial charge in [-0.15, -0.1) is 0 Å². The Bertz CT molecular complexity index is 614. The number of rotatable bonds is 3. The Hall–Kier alpha value is -0.890. The number of anilines is 1. The second-order valence-electron chi connectivity index (χ2n) is 3.82. The number of nitrogens with zero attached hydrogens (tertiary/aromatic N) is 1. The van der Waals surface area contributed by atoms with Crippen LogP contribution in [0.1, 0.15) is 18.5 Å². The molecule has 0 aliphatic heterocycles. The average molecular weight is 420 g/mol. The molecule has 6 heteroatoms. The van der Waals surface area contributed by atoms with Crippen LogP contribution < -0.4 is 10.9 Å². The molecule has 0 amide bonds. The van der Waals surface area contributed by atoms with Gasteiger partial charge in [0.25, 0.3) is 5.56 Å². The normalized spacial score (nSPS) is 12.2. The van der Waals surface area contributed by atoms with E-state index in [-0.39, 0.29) is 11.6 Å². The van der Waals surface area contributed by atoms with Crippen LogP contribution in [0.3, 0.4) is 0 Å². The third-order valence-corrected chi connectivity index (χ3v) is 3.99. The summed E-state index contributed by atoms with van der Waals surface area (Å²) in [7, 11) is 0. The van der Waals surface area contributed by atoms with E-state index in [1.807, 2.05) is 53.8 Å². The van der Waals surface area contributed by atoms with Crippen molar-refractivity contribution in [2.45, 2.75) is 13.0 Å². The van der Waals surface area contributed by atoms with E-state index >= 15 is 0 Å². The van der Waals surface area contributed by atoms with E-state index in [0.29, 0.717) is 9.39 Å². The van der Waals surface area contributed by atoms with Crippen LogP contribution >= 0.6 is 38.5 Å². The molecule has 0 bridgehead atoms. The van der Waals surface area contributed by atoms with Gasteiger partial charge in [0, 0.05) is 4.47 Å². The summed E-state index contributed by atoms with van der Waals surface area (Å²) in [6, 6.07) is 8.10. The molecule has 0 saturated heterocycles. The minimum atomic E-state index is -0.130. The third-order valence-electron chi connectivity index (χ3n) is 2.50. The molecule has 0 aliphatic carbocycles. The zero-order valence-electron chi connectivity index (χ0n) is 9.58. The maximum absolute atomic E-state index is 11.5. The first-order valence-electron chi connectivity index (χ1n) is 5.33. The molecule has 0 saturated carbocycles. The summed E-state index contributed by atoms with van der Waals surface area (Å²) in [5.74, 6) is 0.604. The Balaban J connectivity index is 2.24. The summed E-state index contributed by atoms with van der Waals surface area (Å²) >= 11 is 5.43. The molecular weight excluding hydrogens is 409 g/mol. The van der Waals surface area contributed by atoms with Crippen molar-refractivity contribution in [3.8, 4) is 0 Å². The summed E-state index contributed by atoms with van der Waals surface area (Å²) < 4.78 is 1.60. The van der Waals surface area contributed by atoms with E-state index in [1.54, 1.807) is 0 Å². The van der Waals surface area contributed by atoms with Gasteiger partial charge in [0.05, 0.1) is 12.4 Å². The molecule has 18 heavy (non-hydrogen) atoms. The summed E-state index contributed by atoms with van der Waals surface area (Å²) in [4.78, 5) is 18.1. The molecule has 0 radical (unpaired) electrons. The highest BCUT2D eigenvalue weighted by molar-refractivity contribution is 14.1. The second-order valence-corrected chi connectivity index (χ2v) is 5.81. The van der Waals surface area contributed by atoms with Crippen molar-refractivity contribution in [3.63, 3.8) is 0 Å². The van der Waals surface area contributed by atoms with E-state index in [4.69, 9.17) is 0 Å². The van der Waals surface area contributed by atoms with Crippen LogP contribution in [0.5, 0.6) is 0 Å². The van der Waals surface area contributed by atoms with Crippen LogP contribution in [-0.2, 0) is 0 Å². The van der Waals surface area contributed by atoms with Crippen molar-refractivity contribution in [2.24, 2.45) is 0 Å². The van der Waals surface area contributed by atoms with E-state index in [1.165, 1.54) is 6.33 Å². The van der Waals surface area contributed by atoms with E-state index in [0.717, 1.165) is 10.0 Å². The predicted molar refractivity (Wildman–Crippen MR) is 83.8 cm³/mol. The Morgan fingerprint density at radius 2 is 2.28 bits per heavy atom. The van der Waals surface area contributed by atoms with Crippen molar-refractivity contribution in [1.29, 1.82) is 0 Å². The minimum Gasteiger partial charge on any atom is -0.362 e. The van der Waals surface area contributed by atoms with Crippen molar-refractivity contribution >= 4 is 44.3 Å². The van der Waals surface area contributed by atoms with Crippen LogP contribution in [-0.4, -0.2) is 9.97 Å². The maximum Gasteiger partial charge on any atom is 0.266 e. The van der Waals surface area contributed by atoms with E-state index < -0.39 is 0 Å². The van der Waals surface area contributed by atoms with Crippen LogP contribution in [0.2, 0.25) is 0 Å². The Labute approximate surface area is 126 Å². The lowest BCUT2D eigenvalue weighted by Crippen LogP contribution is -2.16. The average Bonchev–Trinajstić information content (AvgIpc) is 2.35. The van der Waals surface area contributed by atoms with E-state index in [2.05, 4.69) is 31.2 Å². The number of hydrogen-bond acceptors (Lipinski definition) is 3. The van der Waals surface area contributed by atoms with Gasteiger partial charge in [-0.05, 0) is 47.2 Å². The van der Waals surface area contributed by atoms with Crippen molar-refractivity contribution in [3.05, 3.63) is 54.6 Å². The number of benzene rings is 1. The molecule has 1 heterocycles. The zero-order chi connectivity index (χ0) is 13.1. The molecule has 1 atom stereocenters. The summed E-state index contributed by atoms with van der Waals surface area (Å²) in [6.45, 7) is 2.03. The molecular formula is C12H11BrIN3O. The summed E-state index contributed by atoms with van der Waals surface area (Å²) in [6.07, 6.45) is 1.40. The second kappa shape index (κ2) is 5.83. The highest BCUT2D eigenvalue weighted by Gasteiger charge is 2.10. The smallest absolute Gasteiger partial charge is 0.266 e. The van der Waals surface area contributed by atoms with Crippen molar-refractivity contribution in [2.75, 3.05) is 5.32 Å². The molecule has 1 aromatic carbocycles. The number of nitrogens with one attached hydrogen (secondary N) is 2. The molecule has 2 aromatic rings. The Morgan fingerprint density at radius 3 is 3.00 bits per heavy atom. The van der Waals surface area contributed by atoms with Crippen LogP contribution in [0.15, 0.2) is 39.9 Å². The largest absolute Gasteiger partial charge is 0.362 e. The lowest BCUT2D eigenvalue weighted by molar-refractivity contribution is 0.866. The first-order chi connectivity index (χ1) is 8.58. The minimum absolute atomic E-state index is 0.0744. The molecule has 1 unspecified atom stereocenters. The van der Waals surface area contributed by atoms with Gasteiger partial charge in [-0.3, -0.25) is 4.79 Å². The lowest BCUT2D eigenvalue weighted by atomic mass is 10.1. The van der Waals surface area contributed by atoms with Crippen molar-refractivity contribution < 1.29 is 0 Å². The maximum atomic E-state index is 11.5. The number of hydrogen-bond donors (Lipinski definition) is 2. The number of H-pyrrole nitrogens is 1. The molecule has 2 rings (SSSR count). The molecule has 94 valence electrons. The highest BCUT2D eigenvalue weighted by atomic mass is 127. The first kappa shape index (κ1) is 13.5. The van der Waals surface area contributed by atoms with Gasteiger partial charge in [0.1, 0.15) is 9.39 Å². The van der Waals surface area contributed by atoms with Gasteiger partial charge in [0.15, 0.2) is 0 Å². The summed E-state index contributed by atoms with van der Waals surface area (Å²) in [5, 5.41) is 3.24. The predicted octanol–water partition coefficient (Wildman–Crippen LogP) is 3.31. The first-order valence-corrected chi connectivity index (χ1v) is 7.20. The Kier molecular flexibility index (Phi) is 4.39. The van der Waals surface area contributed by atoms with Crippen LogP contribution in [0.4, 0.5) is 5.82 Å². The van der Waals surface area contributed by atoms with Crippen molar-refractivity contribution in [1.82, 2.24) is 9.97 Å². The molecule has 4 nitrogen and oxygen atoms in total. The third kappa shape index (κ3) is 3.11. The SMILES string of the molecule is CC(Nc1nc[nH]c(=O)c1I)c1cccc(Br)c1. The molecule has 1 aromatic heterocycles. The monoisotopic (exact) mass is 419 g/mol. The molecule has 0 aliphatic rings. The van der Waals surface area contributed by atoms with E-state index in [9.17, 15) is 4.79 Å². The quantitative estimate of drug-likeness (QED) is 0.750. The fourth-order valence-corrected chi connectivity index (χ4v) is 2.42. The number of halogens is 2. The molecule has 2 N–H and O–H groups in total. The summed E-state index contributed by atoms with van der Waals surface area (Å²) in [5.41, 5.74) is 0.997. The van der Waals surface area contributed by atoms with Gasteiger partial charge in [0.2, 0.25) is 0 Å². The topological polar surface area (TPSA) is 57.8 Å². The number of aromatic amines is 1. The fourth-order valence-electron chi connectivity index (χ4n) is 1.55. The molecule has 0 spiro atoms. The van der Waals surface area contributed by atoms with Gasteiger partial charge < -0.3 is 10.3 Å². The highest BCUT2D eigenvalue weighted by Crippen LogP contribution is 2.22. The van der Waals surface area contributed by atoms with Gasteiger partial charge in [-0.25, -0.2) is 4.98 Å². The van der Waals surface area contributed by atoms with Gasteiger partial charge in [-0.1, -0.05) is 28.1 Å². The standard InChI is InChI=1S/C12H11BrIN3O/c1-7(8-3-2-4-9(13)5-8)17-11-10(14)12(18)16-6-15-11/h2-7H,1H3,(H2,15,16,17,18). The van der Waals surface area contributed by atoms with Gasteiger partial charge >= 0.3 is 0 Å².